The molecule has 3 amide bonds. The summed E-state index contributed by atoms with van der Waals surface area (Å²) in [4.78, 5) is 35.2. The number of benzene rings is 1. The van der Waals surface area contributed by atoms with E-state index in [-0.39, 0.29) is 18.2 Å². The summed E-state index contributed by atoms with van der Waals surface area (Å²) in [6.07, 6.45) is -1.39. The number of nitrogens with one attached hydrogen (secondary N) is 2. The lowest BCUT2D eigenvalue weighted by Gasteiger charge is -2.39. The van der Waals surface area contributed by atoms with Crippen molar-refractivity contribution in [2.24, 2.45) is 0 Å². The standard InChI is InChI=1S/C25H23ClF3N5O3/c1-37-19-7-8-20(30-14-19)21-12-18(33-24(36)32-17-5-3-16(26)4-6-17)10-11-34(21)23(35)15-2-9-22(31-13-15)25(27,28)29/h2-9,13-14,18,21H,10-12H2,1H3,(H2,32,33,36)/t18-,21-/m1/s1. The van der Waals surface area contributed by atoms with Gasteiger partial charge in [0.1, 0.15) is 11.4 Å². The third kappa shape index (κ3) is 6.48. The van der Waals surface area contributed by atoms with Gasteiger partial charge in [0.2, 0.25) is 0 Å². The summed E-state index contributed by atoms with van der Waals surface area (Å²) in [6, 6.07) is 10.7. The molecule has 2 atom stereocenters. The zero-order valence-electron chi connectivity index (χ0n) is 19.6. The Bertz CT molecular complexity index is 1240. The molecule has 8 nitrogen and oxygen atoms in total. The van der Waals surface area contributed by atoms with Crippen molar-refractivity contribution in [1.29, 1.82) is 0 Å². The summed E-state index contributed by atoms with van der Waals surface area (Å²) in [7, 11) is 1.50. The lowest BCUT2D eigenvalue weighted by molar-refractivity contribution is -0.141. The summed E-state index contributed by atoms with van der Waals surface area (Å²) in [5.74, 6) is 0.0503. The van der Waals surface area contributed by atoms with Crippen LogP contribution in [0.25, 0.3) is 0 Å². The summed E-state index contributed by atoms with van der Waals surface area (Å²) < 4.78 is 43.9. The molecule has 37 heavy (non-hydrogen) atoms. The first-order valence-electron chi connectivity index (χ1n) is 11.3. The molecule has 3 aromatic rings. The fourth-order valence-electron chi connectivity index (χ4n) is 4.07. The van der Waals surface area contributed by atoms with Crippen LogP contribution < -0.4 is 15.4 Å². The van der Waals surface area contributed by atoms with Crippen molar-refractivity contribution in [3.63, 3.8) is 0 Å². The number of rotatable bonds is 5. The Kier molecular flexibility index (Phi) is 7.82. The number of alkyl halides is 3. The molecule has 0 bridgehead atoms. The Balaban J connectivity index is 1.52. The Morgan fingerprint density at radius 1 is 1.05 bits per heavy atom. The molecular weight excluding hydrogens is 511 g/mol. The van der Waals surface area contributed by atoms with Crippen molar-refractivity contribution in [2.75, 3.05) is 19.0 Å². The molecule has 0 spiro atoms. The molecule has 0 radical (unpaired) electrons. The minimum Gasteiger partial charge on any atom is -0.495 e. The van der Waals surface area contributed by atoms with Crippen LogP contribution in [0.2, 0.25) is 5.02 Å². The van der Waals surface area contributed by atoms with Gasteiger partial charge in [0.25, 0.3) is 5.91 Å². The van der Waals surface area contributed by atoms with Gasteiger partial charge in [0, 0.05) is 29.5 Å². The van der Waals surface area contributed by atoms with Gasteiger partial charge in [0.05, 0.1) is 30.6 Å². The summed E-state index contributed by atoms with van der Waals surface area (Å²) in [5, 5.41) is 6.20. The van der Waals surface area contributed by atoms with E-state index < -0.39 is 29.9 Å². The first-order valence-corrected chi connectivity index (χ1v) is 11.7. The second-order valence-corrected chi connectivity index (χ2v) is 8.83. The zero-order chi connectivity index (χ0) is 26.6. The molecule has 0 unspecified atom stereocenters. The normalized spacial score (nSPS) is 17.7. The van der Waals surface area contributed by atoms with Crippen LogP contribution in [-0.4, -0.2) is 46.5 Å². The molecule has 12 heteroatoms. The summed E-state index contributed by atoms with van der Waals surface area (Å²) in [5.41, 5.74) is 0.0711. The summed E-state index contributed by atoms with van der Waals surface area (Å²) >= 11 is 5.88. The number of ether oxygens (including phenoxy) is 1. The summed E-state index contributed by atoms with van der Waals surface area (Å²) in [6.45, 7) is 0.240. The van der Waals surface area contributed by atoms with Crippen LogP contribution in [0, 0.1) is 0 Å². The smallest absolute Gasteiger partial charge is 0.433 e. The van der Waals surface area contributed by atoms with E-state index >= 15 is 0 Å². The van der Waals surface area contributed by atoms with E-state index in [1.165, 1.54) is 18.2 Å². The fraction of sp³-hybridized carbons (Fsp3) is 0.280. The molecule has 194 valence electrons. The number of pyridine rings is 2. The van der Waals surface area contributed by atoms with Crippen molar-refractivity contribution >= 4 is 29.2 Å². The number of halogens is 4. The van der Waals surface area contributed by atoms with E-state index in [4.69, 9.17) is 16.3 Å². The van der Waals surface area contributed by atoms with Crippen LogP contribution in [0.4, 0.5) is 23.7 Å². The average Bonchev–Trinajstić information content (AvgIpc) is 2.89. The number of nitrogens with zero attached hydrogens (tertiary/aromatic N) is 3. The number of urea groups is 1. The van der Waals surface area contributed by atoms with E-state index in [1.54, 1.807) is 36.4 Å². The predicted molar refractivity (Wildman–Crippen MR) is 130 cm³/mol. The second-order valence-electron chi connectivity index (χ2n) is 8.39. The van der Waals surface area contributed by atoms with Gasteiger partial charge in [-0.15, -0.1) is 0 Å². The van der Waals surface area contributed by atoms with Gasteiger partial charge in [-0.25, -0.2) is 4.79 Å². The zero-order valence-corrected chi connectivity index (χ0v) is 20.4. The highest BCUT2D eigenvalue weighted by Crippen LogP contribution is 2.33. The Hall–Kier alpha value is -3.86. The molecule has 0 saturated carbocycles. The van der Waals surface area contributed by atoms with Crippen molar-refractivity contribution in [3.8, 4) is 5.75 Å². The first-order chi connectivity index (χ1) is 17.6. The van der Waals surface area contributed by atoms with Crippen molar-refractivity contribution in [3.05, 3.63) is 82.9 Å². The minimum atomic E-state index is -4.60. The van der Waals surface area contributed by atoms with Crippen LogP contribution in [0.1, 0.15) is 40.6 Å². The lowest BCUT2D eigenvalue weighted by Crippen LogP contribution is -2.49. The number of aromatic nitrogens is 2. The van der Waals surface area contributed by atoms with E-state index in [0.717, 1.165) is 18.3 Å². The number of anilines is 1. The van der Waals surface area contributed by atoms with Crippen LogP contribution in [0.5, 0.6) is 5.75 Å². The molecule has 1 saturated heterocycles. The quantitative estimate of drug-likeness (QED) is 0.462. The minimum absolute atomic E-state index is 0.0263. The van der Waals surface area contributed by atoms with E-state index in [1.807, 2.05) is 0 Å². The van der Waals surface area contributed by atoms with Gasteiger partial charge in [0.15, 0.2) is 0 Å². The van der Waals surface area contributed by atoms with Gasteiger partial charge < -0.3 is 20.3 Å². The number of likely N-dealkylation sites (tertiary alicyclic amines) is 1. The number of methoxy groups -OCH3 is 1. The average molecular weight is 534 g/mol. The molecule has 2 aromatic heterocycles. The predicted octanol–water partition coefficient (Wildman–Crippen LogP) is 5.33. The highest BCUT2D eigenvalue weighted by Gasteiger charge is 2.36. The van der Waals surface area contributed by atoms with Crippen molar-refractivity contribution < 1.29 is 27.5 Å². The van der Waals surface area contributed by atoms with Crippen LogP contribution in [-0.2, 0) is 6.18 Å². The van der Waals surface area contributed by atoms with Crippen molar-refractivity contribution in [1.82, 2.24) is 20.2 Å². The van der Waals surface area contributed by atoms with Gasteiger partial charge in [-0.1, -0.05) is 11.6 Å². The van der Waals surface area contributed by atoms with E-state index in [0.29, 0.717) is 35.0 Å². The lowest BCUT2D eigenvalue weighted by atomic mass is 9.93. The van der Waals surface area contributed by atoms with Crippen LogP contribution >= 0.6 is 11.6 Å². The molecule has 1 fully saturated rings. The van der Waals surface area contributed by atoms with Crippen molar-refractivity contribution in [2.45, 2.75) is 31.1 Å². The molecule has 2 N–H and O–H groups in total. The third-order valence-electron chi connectivity index (χ3n) is 5.94. The van der Waals surface area contributed by atoms with E-state index in [2.05, 4.69) is 20.6 Å². The monoisotopic (exact) mass is 533 g/mol. The SMILES string of the molecule is COc1ccc([C@H]2C[C@H](NC(=O)Nc3ccc(Cl)cc3)CCN2C(=O)c2ccc(C(F)(F)F)nc2)nc1. The molecular formula is C25H23ClF3N5O3. The van der Waals surface area contributed by atoms with Gasteiger partial charge >= 0.3 is 12.2 Å². The number of carbonyl (C=O) groups excluding carboxylic acids is 2. The van der Waals surface area contributed by atoms with Crippen LogP contribution in [0.15, 0.2) is 60.9 Å². The molecule has 1 aliphatic heterocycles. The maximum atomic E-state index is 13.3. The molecule has 0 aliphatic carbocycles. The maximum Gasteiger partial charge on any atom is 0.433 e. The van der Waals surface area contributed by atoms with Gasteiger partial charge in [-0.05, 0) is 61.4 Å². The number of hydrogen-bond acceptors (Lipinski definition) is 5. The molecule has 1 aliphatic rings. The first kappa shape index (κ1) is 26.2. The third-order valence-corrected chi connectivity index (χ3v) is 6.19. The van der Waals surface area contributed by atoms with Gasteiger partial charge in [-0.2, -0.15) is 13.2 Å². The Morgan fingerprint density at radius 3 is 2.41 bits per heavy atom. The van der Waals surface area contributed by atoms with E-state index in [9.17, 15) is 22.8 Å². The fourth-order valence-corrected chi connectivity index (χ4v) is 4.20. The number of carbonyl (C=O) groups is 2. The number of amides is 3. The second kappa shape index (κ2) is 11.0. The molecule has 1 aromatic carbocycles. The molecule has 3 heterocycles. The largest absolute Gasteiger partial charge is 0.495 e. The highest BCUT2D eigenvalue weighted by atomic mass is 35.5. The maximum absolute atomic E-state index is 13.3. The topological polar surface area (TPSA) is 96.5 Å². The number of hydrogen-bond donors (Lipinski definition) is 2. The highest BCUT2D eigenvalue weighted by molar-refractivity contribution is 6.30. The Labute approximate surface area is 215 Å². The van der Waals surface area contributed by atoms with Crippen LogP contribution in [0.3, 0.4) is 0 Å². The van der Waals surface area contributed by atoms with Gasteiger partial charge in [-0.3, -0.25) is 14.8 Å². The Morgan fingerprint density at radius 2 is 1.81 bits per heavy atom. The molecule has 4 rings (SSSR count). The number of piperidine rings is 1.